The van der Waals surface area contributed by atoms with Crippen LogP contribution >= 0.6 is 0 Å². The van der Waals surface area contributed by atoms with Crippen LogP contribution in [0.2, 0.25) is 0 Å². The van der Waals surface area contributed by atoms with Crippen LogP contribution in [0.5, 0.6) is 0 Å². The highest BCUT2D eigenvalue weighted by Gasteiger charge is 2.23. The van der Waals surface area contributed by atoms with Crippen molar-refractivity contribution in [3.8, 4) is 6.07 Å². The largest absolute Gasteiger partial charge is 0.367 e. The molecule has 6 nitrogen and oxygen atoms in total. The van der Waals surface area contributed by atoms with Crippen molar-refractivity contribution in [3.63, 3.8) is 0 Å². The van der Waals surface area contributed by atoms with E-state index in [1.165, 1.54) is 12.1 Å². The molecule has 0 unspecified atom stereocenters. The number of anilines is 1. The molecule has 1 aliphatic heterocycles. The second-order valence-corrected chi connectivity index (χ2v) is 4.94. The first-order valence-electron chi connectivity index (χ1n) is 6.21. The maximum absolute atomic E-state index is 10.7. The minimum absolute atomic E-state index is 0.0449. The van der Waals surface area contributed by atoms with Crippen LogP contribution in [0, 0.1) is 21.4 Å². The summed E-state index contributed by atoms with van der Waals surface area (Å²) >= 11 is 0. The molecule has 1 fully saturated rings. The molecule has 0 aliphatic carbocycles. The van der Waals surface area contributed by atoms with Gasteiger partial charge < -0.3 is 10.2 Å². The second-order valence-electron chi connectivity index (χ2n) is 4.94. The Morgan fingerprint density at radius 2 is 2.05 bits per heavy atom. The van der Waals surface area contributed by atoms with Gasteiger partial charge in [0.25, 0.3) is 5.69 Å². The van der Waals surface area contributed by atoms with E-state index in [-0.39, 0.29) is 5.69 Å². The number of nitro benzene ring substituents is 1. The third-order valence-electron chi connectivity index (χ3n) is 3.21. The first-order chi connectivity index (χ1) is 9.01. The van der Waals surface area contributed by atoms with Crippen LogP contribution in [0.3, 0.4) is 0 Å². The van der Waals surface area contributed by atoms with Gasteiger partial charge in [-0.1, -0.05) is 0 Å². The Morgan fingerprint density at radius 3 is 2.58 bits per heavy atom. The highest BCUT2D eigenvalue weighted by atomic mass is 16.6. The van der Waals surface area contributed by atoms with Gasteiger partial charge in [0.1, 0.15) is 6.07 Å². The van der Waals surface area contributed by atoms with Gasteiger partial charge in [-0.2, -0.15) is 5.26 Å². The highest BCUT2D eigenvalue weighted by Crippen LogP contribution is 2.26. The average molecular weight is 260 g/mol. The molecule has 1 heterocycles. The predicted octanol–water partition coefficient (Wildman–Crippen LogP) is 1.65. The Hall–Kier alpha value is -2.13. The fourth-order valence-electron chi connectivity index (χ4n) is 2.53. The van der Waals surface area contributed by atoms with E-state index < -0.39 is 4.92 Å². The van der Waals surface area contributed by atoms with E-state index >= 15 is 0 Å². The SMILES string of the molecule is C[C@@H]1CN(c2ccc([N+](=O)[O-])cc2C#N)C[C@H](C)N1. The number of hydrogen-bond acceptors (Lipinski definition) is 5. The van der Waals surface area contributed by atoms with Gasteiger partial charge in [0.05, 0.1) is 16.2 Å². The van der Waals surface area contributed by atoms with Gasteiger partial charge in [-0.25, -0.2) is 0 Å². The van der Waals surface area contributed by atoms with Crippen molar-refractivity contribution in [1.82, 2.24) is 5.32 Å². The molecule has 0 spiro atoms. The molecule has 100 valence electrons. The maximum atomic E-state index is 10.7. The molecule has 0 radical (unpaired) electrons. The van der Waals surface area contributed by atoms with Crippen molar-refractivity contribution in [2.24, 2.45) is 0 Å². The molecule has 6 heteroatoms. The number of rotatable bonds is 2. The van der Waals surface area contributed by atoms with Gasteiger partial charge in [0, 0.05) is 37.3 Å². The predicted molar refractivity (Wildman–Crippen MR) is 72.1 cm³/mol. The summed E-state index contributed by atoms with van der Waals surface area (Å²) < 4.78 is 0. The number of nitro groups is 1. The van der Waals surface area contributed by atoms with Crippen LogP contribution in [-0.4, -0.2) is 30.1 Å². The zero-order valence-corrected chi connectivity index (χ0v) is 11.0. The Labute approximate surface area is 111 Å². The summed E-state index contributed by atoms with van der Waals surface area (Å²) in [5, 5.41) is 23.3. The third-order valence-corrected chi connectivity index (χ3v) is 3.21. The quantitative estimate of drug-likeness (QED) is 0.646. The van der Waals surface area contributed by atoms with Crippen LogP contribution in [0.15, 0.2) is 18.2 Å². The van der Waals surface area contributed by atoms with Crippen molar-refractivity contribution < 1.29 is 4.92 Å². The van der Waals surface area contributed by atoms with Gasteiger partial charge in [-0.05, 0) is 19.9 Å². The molecule has 19 heavy (non-hydrogen) atoms. The van der Waals surface area contributed by atoms with Gasteiger partial charge in [-0.3, -0.25) is 10.1 Å². The van der Waals surface area contributed by atoms with E-state index in [2.05, 4.69) is 30.1 Å². The summed E-state index contributed by atoms with van der Waals surface area (Å²) in [5.41, 5.74) is 1.08. The molecule has 1 aromatic rings. The van der Waals surface area contributed by atoms with Crippen molar-refractivity contribution in [2.75, 3.05) is 18.0 Å². The van der Waals surface area contributed by atoms with Crippen LogP contribution in [-0.2, 0) is 0 Å². The molecule has 0 saturated carbocycles. The van der Waals surface area contributed by atoms with E-state index in [1.54, 1.807) is 6.07 Å². The molecular formula is C13H16N4O2. The molecule has 2 atom stereocenters. The summed E-state index contributed by atoms with van der Waals surface area (Å²) in [6.45, 7) is 5.74. The van der Waals surface area contributed by atoms with Gasteiger partial charge in [-0.15, -0.1) is 0 Å². The molecule has 0 amide bonds. The lowest BCUT2D eigenvalue weighted by Crippen LogP contribution is -2.54. The standard InChI is InChI=1S/C13H16N4O2/c1-9-7-16(8-10(2)15-9)13-4-3-12(17(18)19)5-11(13)6-14/h3-5,9-10,15H,7-8H2,1-2H3/t9-,10+. The normalized spacial score (nSPS) is 22.9. The zero-order chi connectivity index (χ0) is 14.0. The topological polar surface area (TPSA) is 82.2 Å². The summed E-state index contributed by atoms with van der Waals surface area (Å²) in [7, 11) is 0. The Balaban J connectivity index is 2.34. The number of nitrogens with one attached hydrogen (secondary N) is 1. The Kier molecular flexibility index (Phi) is 3.67. The Morgan fingerprint density at radius 1 is 1.42 bits per heavy atom. The van der Waals surface area contributed by atoms with E-state index in [4.69, 9.17) is 0 Å². The van der Waals surface area contributed by atoms with Crippen LogP contribution in [0.1, 0.15) is 19.4 Å². The molecule has 1 aromatic carbocycles. The Bertz CT molecular complexity index is 528. The molecular weight excluding hydrogens is 244 g/mol. The minimum Gasteiger partial charge on any atom is -0.367 e. The zero-order valence-electron chi connectivity index (χ0n) is 11.0. The van der Waals surface area contributed by atoms with Gasteiger partial charge in [0.15, 0.2) is 0 Å². The van der Waals surface area contributed by atoms with Crippen molar-refractivity contribution in [3.05, 3.63) is 33.9 Å². The molecule has 1 saturated heterocycles. The fraction of sp³-hybridized carbons (Fsp3) is 0.462. The number of hydrogen-bond donors (Lipinski definition) is 1. The van der Waals surface area contributed by atoms with Crippen molar-refractivity contribution in [1.29, 1.82) is 5.26 Å². The average Bonchev–Trinajstić information content (AvgIpc) is 2.36. The molecule has 2 rings (SSSR count). The summed E-state index contributed by atoms with van der Waals surface area (Å²) in [5.74, 6) is 0. The van der Waals surface area contributed by atoms with Gasteiger partial charge >= 0.3 is 0 Å². The molecule has 1 aliphatic rings. The monoisotopic (exact) mass is 260 g/mol. The molecule has 0 bridgehead atoms. The highest BCUT2D eigenvalue weighted by molar-refractivity contribution is 5.63. The van der Waals surface area contributed by atoms with Crippen LogP contribution in [0.25, 0.3) is 0 Å². The van der Waals surface area contributed by atoms with E-state index in [1.807, 2.05) is 0 Å². The summed E-state index contributed by atoms with van der Waals surface area (Å²) in [4.78, 5) is 12.4. The lowest BCUT2D eigenvalue weighted by molar-refractivity contribution is -0.384. The third kappa shape index (κ3) is 2.83. The lowest BCUT2D eigenvalue weighted by atomic mass is 10.1. The molecule has 0 aromatic heterocycles. The van der Waals surface area contributed by atoms with Gasteiger partial charge in [0.2, 0.25) is 0 Å². The van der Waals surface area contributed by atoms with Crippen LogP contribution < -0.4 is 10.2 Å². The van der Waals surface area contributed by atoms with Crippen LogP contribution in [0.4, 0.5) is 11.4 Å². The molecule has 1 N–H and O–H groups in total. The summed E-state index contributed by atoms with van der Waals surface area (Å²) in [6, 6.07) is 7.16. The maximum Gasteiger partial charge on any atom is 0.270 e. The smallest absolute Gasteiger partial charge is 0.270 e. The first kappa shape index (κ1) is 13.3. The first-order valence-corrected chi connectivity index (χ1v) is 6.21. The summed E-state index contributed by atoms with van der Waals surface area (Å²) in [6.07, 6.45) is 0. The number of nitrogens with zero attached hydrogens (tertiary/aromatic N) is 3. The minimum atomic E-state index is -0.479. The number of non-ortho nitro benzene ring substituents is 1. The fourth-order valence-corrected chi connectivity index (χ4v) is 2.53. The lowest BCUT2D eigenvalue weighted by Gasteiger charge is -2.38. The van der Waals surface area contributed by atoms with Crippen molar-refractivity contribution in [2.45, 2.75) is 25.9 Å². The number of piperazine rings is 1. The van der Waals surface area contributed by atoms with E-state index in [0.717, 1.165) is 18.8 Å². The van der Waals surface area contributed by atoms with Crippen molar-refractivity contribution >= 4 is 11.4 Å². The number of benzene rings is 1. The second kappa shape index (κ2) is 5.24. The number of nitriles is 1. The van der Waals surface area contributed by atoms with E-state index in [0.29, 0.717) is 17.6 Å². The van der Waals surface area contributed by atoms with E-state index in [9.17, 15) is 15.4 Å².